The molecule has 0 atom stereocenters. The van der Waals surface area contributed by atoms with Crippen LogP contribution in [0.2, 0.25) is 0 Å². The van der Waals surface area contributed by atoms with Crippen molar-refractivity contribution in [3.8, 4) is 0 Å². The van der Waals surface area contributed by atoms with Crippen molar-refractivity contribution in [1.29, 1.82) is 0 Å². The average Bonchev–Trinajstić information content (AvgIpc) is 2.78. The molecular formula is C16H22N2O2. The van der Waals surface area contributed by atoms with E-state index < -0.39 is 5.60 Å². The van der Waals surface area contributed by atoms with Crippen molar-refractivity contribution < 1.29 is 9.90 Å². The van der Waals surface area contributed by atoms with Gasteiger partial charge in [-0.1, -0.05) is 18.2 Å². The first-order valence-corrected chi connectivity index (χ1v) is 6.95. The number of aliphatic hydroxyl groups is 1. The van der Waals surface area contributed by atoms with Gasteiger partial charge in [-0.2, -0.15) is 0 Å². The van der Waals surface area contributed by atoms with Crippen LogP contribution in [0.5, 0.6) is 0 Å². The zero-order valence-corrected chi connectivity index (χ0v) is 12.3. The molecule has 1 N–H and O–H groups in total. The topological polar surface area (TPSA) is 45.5 Å². The lowest BCUT2D eigenvalue weighted by Crippen LogP contribution is -2.43. The maximum absolute atomic E-state index is 12.4. The standard InChI is InChI=1S/C16H22N2O2/c1-4-17(12-16(2,3)20)15(19)11-18-10-9-13-7-5-6-8-14(13)18/h5-10,20H,4,11-12H2,1-3H3. The third-order valence-electron chi connectivity index (χ3n) is 3.30. The summed E-state index contributed by atoms with van der Waals surface area (Å²) in [6.07, 6.45) is 1.93. The number of aromatic nitrogens is 1. The Balaban J connectivity index is 2.14. The highest BCUT2D eigenvalue weighted by Crippen LogP contribution is 2.15. The summed E-state index contributed by atoms with van der Waals surface area (Å²) in [6, 6.07) is 10.0. The molecule has 0 aliphatic rings. The zero-order valence-electron chi connectivity index (χ0n) is 12.3. The minimum atomic E-state index is -0.871. The summed E-state index contributed by atoms with van der Waals surface area (Å²) in [4.78, 5) is 14.0. The molecule has 20 heavy (non-hydrogen) atoms. The van der Waals surface area contributed by atoms with Crippen molar-refractivity contribution in [2.75, 3.05) is 13.1 Å². The van der Waals surface area contributed by atoms with Crippen molar-refractivity contribution >= 4 is 16.8 Å². The van der Waals surface area contributed by atoms with E-state index in [1.165, 1.54) is 0 Å². The summed E-state index contributed by atoms with van der Waals surface area (Å²) < 4.78 is 1.95. The van der Waals surface area contributed by atoms with E-state index in [0.717, 1.165) is 10.9 Å². The molecule has 0 unspecified atom stereocenters. The van der Waals surface area contributed by atoms with Crippen molar-refractivity contribution in [2.45, 2.75) is 32.9 Å². The summed E-state index contributed by atoms with van der Waals surface area (Å²) >= 11 is 0. The molecule has 0 saturated heterocycles. The monoisotopic (exact) mass is 274 g/mol. The van der Waals surface area contributed by atoms with E-state index in [9.17, 15) is 9.90 Å². The van der Waals surface area contributed by atoms with Crippen LogP contribution in [0.1, 0.15) is 20.8 Å². The Labute approximate surface area is 119 Å². The van der Waals surface area contributed by atoms with Gasteiger partial charge in [0.1, 0.15) is 6.54 Å². The summed E-state index contributed by atoms with van der Waals surface area (Å²) in [7, 11) is 0. The number of amides is 1. The van der Waals surface area contributed by atoms with Gasteiger partial charge < -0.3 is 14.6 Å². The fourth-order valence-electron chi connectivity index (χ4n) is 2.37. The number of hydrogen-bond donors (Lipinski definition) is 1. The maximum atomic E-state index is 12.4. The Bertz CT molecular complexity index is 596. The van der Waals surface area contributed by atoms with Crippen molar-refractivity contribution in [1.82, 2.24) is 9.47 Å². The molecule has 0 spiro atoms. The molecule has 1 amide bonds. The average molecular weight is 274 g/mol. The largest absolute Gasteiger partial charge is 0.389 e. The molecule has 0 saturated carbocycles. The normalized spacial score (nSPS) is 11.8. The minimum absolute atomic E-state index is 0.0241. The molecule has 2 rings (SSSR count). The molecule has 0 aliphatic carbocycles. The second-order valence-corrected chi connectivity index (χ2v) is 5.72. The van der Waals surface area contributed by atoms with Gasteiger partial charge in [0.15, 0.2) is 0 Å². The molecule has 0 bridgehead atoms. The minimum Gasteiger partial charge on any atom is -0.389 e. The second-order valence-electron chi connectivity index (χ2n) is 5.72. The molecule has 2 aromatic rings. The van der Waals surface area contributed by atoms with Crippen molar-refractivity contribution in [3.05, 3.63) is 36.5 Å². The number of carbonyl (C=O) groups excluding carboxylic acids is 1. The molecular weight excluding hydrogens is 252 g/mol. The highest BCUT2D eigenvalue weighted by atomic mass is 16.3. The van der Waals surface area contributed by atoms with Crippen LogP contribution in [0.4, 0.5) is 0 Å². The van der Waals surface area contributed by atoms with Crippen molar-refractivity contribution in [2.24, 2.45) is 0 Å². The molecule has 4 heteroatoms. The van der Waals surface area contributed by atoms with Gasteiger partial charge in [0.2, 0.25) is 5.91 Å². The fraction of sp³-hybridized carbons (Fsp3) is 0.438. The number of fused-ring (bicyclic) bond motifs is 1. The van der Waals surface area contributed by atoms with Crippen LogP contribution in [0.25, 0.3) is 10.9 Å². The highest BCUT2D eigenvalue weighted by Gasteiger charge is 2.21. The SMILES string of the molecule is CCN(CC(C)(C)O)C(=O)Cn1ccc2ccccc21. The van der Waals surface area contributed by atoms with E-state index in [1.807, 2.05) is 48.0 Å². The Hall–Kier alpha value is -1.81. The third kappa shape index (κ3) is 3.39. The third-order valence-corrected chi connectivity index (χ3v) is 3.30. The molecule has 1 aromatic heterocycles. The van der Waals surface area contributed by atoms with Crippen LogP contribution in [0.15, 0.2) is 36.5 Å². The summed E-state index contributed by atoms with van der Waals surface area (Å²) in [5, 5.41) is 11.0. The number of nitrogens with zero attached hydrogens (tertiary/aromatic N) is 2. The van der Waals surface area contributed by atoms with Crippen LogP contribution in [0.3, 0.4) is 0 Å². The molecule has 1 heterocycles. The number of hydrogen-bond acceptors (Lipinski definition) is 2. The maximum Gasteiger partial charge on any atom is 0.242 e. The van der Waals surface area contributed by atoms with Gasteiger partial charge in [-0.05, 0) is 38.3 Å². The van der Waals surface area contributed by atoms with E-state index in [1.54, 1.807) is 18.7 Å². The number of para-hydroxylation sites is 1. The lowest BCUT2D eigenvalue weighted by molar-refractivity contribution is -0.134. The first-order chi connectivity index (χ1) is 9.40. The predicted octanol–water partition coefficient (Wildman–Crippen LogP) is 2.26. The Kier molecular flexibility index (Phi) is 4.14. The summed E-state index contributed by atoms with van der Waals surface area (Å²) in [5.74, 6) is 0.0241. The first kappa shape index (κ1) is 14.6. The number of benzene rings is 1. The van der Waals surface area contributed by atoms with E-state index in [2.05, 4.69) is 0 Å². The smallest absolute Gasteiger partial charge is 0.242 e. The molecule has 0 radical (unpaired) electrons. The molecule has 4 nitrogen and oxygen atoms in total. The van der Waals surface area contributed by atoms with E-state index >= 15 is 0 Å². The van der Waals surface area contributed by atoms with Gasteiger partial charge in [0.25, 0.3) is 0 Å². The Morgan fingerprint density at radius 3 is 2.65 bits per heavy atom. The van der Waals surface area contributed by atoms with Gasteiger partial charge in [-0.15, -0.1) is 0 Å². The van der Waals surface area contributed by atoms with Crippen molar-refractivity contribution in [3.63, 3.8) is 0 Å². The lowest BCUT2D eigenvalue weighted by atomic mass is 10.1. The first-order valence-electron chi connectivity index (χ1n) is 6.95. The number of rotatable bonds is 5. The zero-order chi connectivity index (χ0) is 14.8. The number of likely N-dealkylation sites (N-methyl/N-ethyl adjacent to an activating group) is 1. The van der Waals surface area contributed by atoms with Gasteiger partial charge in [0, 0.05) is 24.8 Å². The van der Waals surface area contributed by atoms with E-state index in [0.29, 0.717) is 19.6 Å². The van der Waals surface area contributed by atoms with Crippen LogP contribution in [-0.4, -0.2) is 39.2 Å². The van der Waals surface area contributed by atoms with Crippen LogP contribution in [-0.2, 0) is 11.3 Å². The van der Waals surface area contributed by atoms with Gasteiger partial charge in [0.05, 0.1) is 5.60 Å². The lowest BCUT2D eigenvalue weighted by Gasteiger charge is -2.28. The number of carbonyl (C=O) groups is 1. The summed E-state index contributed by atoms with van der Waals surface area (Å²) in [5.41, 5.74) is 0.185. The summed E-state index contributed by atoms with van der Waals surface area (Å²) in [6.45, 7) is 6.61. The predicted molar refractivity (Wildman–Crippen MR) is 80.5 cm³/mol. The quantitative estimate of drug-likeness (QED) is 0.909. The van der Waals surface area contributed by atoms with Crippen LogP contribution >= 0.6 is 0 Å². The Morgan fingerprint density at radius 2 is 2.00 bits per heavy atom. The molecule has 1 aromatic carbocycles. The van der Waals surface area contributed by atoms with Crippen LogP contribution < -0.4 is 0 Å². The molecule has 108 valence electrons. The molecule has 0 aliphatic heterocycles. The Morgan fingerprint density at radius 1 is 1.30 bits per heavy atom. The van der Waals surface area contributed by atoms with Gasteiger partial charge in [-0.3, -0.25) is 4.79 Å². The van der Waals surface area contributed by atoms with Gasteiger partial charge in [-0.25, -0.2) is 0 Å². The fourth-order valence-corrected chi connectivity index (χ4v) is 2.37. The highest BCUT2D eigenvalue weighted by molar-refractivity contribution is 5.83. The van der Waals surface area contributed by atoms with E-state index in [4.69, 9.17) is 0 Å². The van der Waals surface area contributed by atoms with Gasteiger partial charge >= 0.3 is 0 Å². The molecule has 0 fully saturated rings. The van der Waals surface area contributed by atoms with Crippen LogP contribution in [0, 0.1) is 0 Å². The van der Waals surface area contributed by atoms with E-state index in [-0.39, 0.29) is 5.91 Å². The second kappa shape index (κ2) is 5.67.